The summed E-state index contributed by atoms with van der Waals surface area (Å²) < 4.78 is 0. The highest BCUT2D eigenvalue weighted by Crippen LogP contribution is 2.28. The molecule has 112 valence electrons. The number of carbonyl (C=O) groups excluding carboxylic acids is 2. The first kappa shape index (κ1) is 15.2. The molecule has 1 fully saturated rings. The van der Waals surface area contributed by atoms with Crippen molar-refractivity contribution in [3.63, 3.8) is 0 Å². The molecule has 6 nitrogen and oxygen atoms in total. The van der Waals surface area contributed by atoms with Gasteiger partial charge >= 0.3 is 0 Å². The SMILES string of the molecule is C/C(=C/C(=N)NC(=O)C1CC1)c1nc(C(=O)C(C)C)c[nH]1. The van der Waals surface area contributed by atoms with Crippen LogP contribution in [0.5, 0.6) is 0 Å². The van der Waals surface area contributed by atoms with Gasteiger partial charge in [-0.15, -0.1) is 0 Å². The highest BCUT2D eigenvalue weighted by Gasteiger charge is 2.29. The number of ketones is 1. The maximum atomic E-state index is 11.8. The van der Waals surface area contributed by atoms with E-state index in [0.717, 1.165) is 12.8 Å². The Morgan fingerprint density at radius 3 is 2.71 bits per heavy atom. The number of hydrogen-bond acceptors (Lipinski definition) is 4. The summed E-state index contributed by atoms with van der Waals surface area (Å²) in [6.45, 7) is 5.42. The first-order valence-corrected chi connectivity index (χ1v) is 7.06. The van der Waals surface area contributed by atoms with E-state index >= 15 is 0 Å². The van der Waals surface area contributed by atoms with Crippen LogP contribution in [0.15, 0.2) is 12.3 Å². The Balaban J connectivity index is 2.03. The molecule has 1 aromatic heterocycles. The molecule has 6 heteroatoms. The number of aromatic amines is 1. The van der Waals surface area contributed by atoms with Gasteiger partial charge in [0.15, 0.2) is 5.78 Å². The summed E-state index contributed by atoms with van der Waals surface area (Å²) in [5.74, 6) is 0.406. The zero-order valence-corrected chi connectivity index (χ0v) is 12.5. The van der Waals surface area contributed by atoms with E-state index in [2.05, 4.69) is 15.3 Å². The van der Waals surface area contributed by atoms with Crippen molar-refractivity contribution in [1.82, 2.24) is 15.3 Å². The van der Waals surface area contributed by atoms with E-state index in [0.29, 0.717) is 17.1 Å². The summed E-state index contributed by atoms with van der Waals surface area (Å²) in [7, 11) is 0. The second kappa shape index (κ2) is 6.03. The Morgan fingerprint density at radius 1 is 1.48 bits per heavy atom. The fraction of sp³-hybridized carbons (Fsp3) is 0.467. The average Bonchev–Trinajstić information content (AvgIpc) is 3.15. The van der Waals surface area contributed by atoms with E-state index in [1.807, 2.05) is 13.8 Å². The third kappa shape index (κ3) is 3.87. The zero-order chi connectivity index (χ0) is 15.6. The summed E-state index contributed by atoms with van der Waals surface area (Å²) in [6.07, 6.45) is 4.91. The van der Waals surface area contributed by atoms with Crippen LogP contribution in [0.1, 0.15) is 49.9 Å². The third-order valence-electron chi connectivity index (χ3n) is 3.30. The number of nitrogens with zero attached hydrogens (tertiary/aromatic N) is 1. The number of amidine groups is 1. The lowest BCUT2D eigenvalue weighted by Crippen LogP contribution is -2.29. The highest BCUT2D eigenvalue weighted by molar-refractivity contribution is 6.06. The van der Waals surface area contributed by atoms with Gasteiger partial charge in [0.05, 0.1) is 0 Å². The molecule has 0 radical (unpaired) electrons. The number of H-pyrrole nitrogens is 1. The van der Waals surface area contributed by atoms with Gasteiger partial charge in [0.1, 0.15) is 17.4 Å². The Hall–Kier alpha value is -2.24. The van der Waals surface area contributed by atoms with E-state index in [-0.39, 0.29) is 29.4 Å². The molecule has 2 rings (SSSR count). The summed E-state index contributed by atoms with van der Waals surface area (Å²) in [5.41, 5.74) is 1.08. The predicted molar refractivity (Wildman–Crippen MR) is 80.0 cm³/mol. The molecular formula is C15H20N4O2. The van der Waals surface area contributed by atoms with Crippen molar-refractivity contribution >= 4 is 23.1 Å². The van der Waals surface area contributed by atoms with Crippen molar-refractivity contribution in [2.24, 2.45) is 11.8 Å². The standard InChI is InChI=1S/C15H20N4O2/c1-8(2)13(20)11-7-17-14(18-11)9(3)6-12(16)19-15(21)10-4-5-10/h6-8,10H,4-5H2,1-3H3,(H,17,18)(H2,16,19,21)/b9-6-. The number of allylic oxidation sites excluding steroid dienone is 1. The van der Waals surface area contributed by atoms with Crippen LogP contribution in [0, 0.1) is 17.2 Å². The number of carbonyl (C=O) groups is 2. The third-order valence-corrected chi connectivity index (χ3v) is 3.30. The van der Waals surface area contributed by atoms with E-state index < -0.39 is 0 Å². The second-order valence-electron chi connectivity index (χ2n) is 5.66. The highest BCUT2D eigenvalue weighted by atomic mass is 16.2. The molecule has 1 heterocycles. The zero-order valence-electron chi connectivity index (χ0n) is 12.5. The van der Waals surface area contributed by atoms with Gasteiger partial charge in [0, 0.05) is 18.0 Å². The monoisotopic (exact) mass is 288 g/mol. The Kier molecular flexibility index (Phi) is 4.35. The minimum absolute atomic E-state index is 0.0255. The molecule has 21 heavy (non-hydrogen) atoms. The predicted octanol–water partition coefficient (Wildman–Crippen LogP) is 2.16. The summed E-state index contributed by atoms with van der Waals surface area (Å²) >= 11 is 0. The number of imidazole rings is 1. The molecule has 0 unspecified atom stereocenters. The number of aromatic nitrogens is 2. The first-order valence-electron chi connectivity index (χ1n) is 7.06. The molecule has 0 aliphatic heterocycles. The van der Waals surface area contributed by atoms with Gasteiger partial charge < -0.3 is 10.3 Å². The number of Topliss-reactive ketones (excluding diaryl/α,β-unsaturated/α-hetero) is 1. The minimum atomic E-state index is -0.110. The molecule has 3 N–H and O–H groups in total. The van der Waals surface area contributed by atoms with Crippen molar-refractivity contribution < 1.29 is 9.59 Å². The van der Waals surface area contributed by atoms with Crippen LogP contribution in [-0.4, -0.2) is 27.5 Å². The van der Waals surface area contributed by atoms with Crippen LogP contribution in [0.4, 0.5) is 0 Å². The van der Waals surface area contributed by atoms with Crippen molar-refractivity contribution in [2.75, 3.05) is 0 Å². The van der Waals surface area contributed by atoms with Crippen LogP contribution in [0.3, 0.4) is 0 Å². The van der Waals surface area contributed by atoms with Gasteiger partial charge in [-0.3, -0.25) is 15.0 Å². The van der Waals surface area contributed by atoms with Crippen molar-refractivity contribution in [3.05, 3.63) is 23.8 Å². The van der Waals surface area contributed by atoms with E-state index in [4.69, 9.17) is 5.41 Å². The first-order chi connectivity index (χ1) is 9.88. The molecule has 1 aromatic rings. The van der Waals surface area contributed by atoms with E-state index in [9.17, 15) is 9.59 Å². The molecule has 1 saturated carbocycles. The van der Waals surface area contributed by atoms with E-state index in [1.54, 1.807) is 13.1 Å². The number of hydrogen-bond donors (Lipinski definition) is 3. The van der Waals surface area contributed by atoms with Gasteiger partial charge in [-0.2, -0.15) is 0 Å². The van der Waals surface area contributed by atoms with Gasteiger partial charge in [-0.1, -0.05) is 13.8 Å². The van der Waals surface area contributed by atoms with Gasteiger partial charge in [0.2, 0.25) is 5.91 Å². The molecular weight excluding hydrogens is 268 g/mol. The fourth-order valence-corrected chi connectivity index (χ4v) is 1.85. The largest absolute Gasteiger partial charge is 0.344 e. The normalized spacial score (nSPS) is 15.1. The van der Waals surface area contributed by atoms with Crippen LogP contribution in [0.25, 0.3) is 5.57 Å². The topological polar surface area (TPSA) is 98.7 Å². The Morgan fingerprint density at radius 2 is 2.14 bits per heavy atom. The summed E-state index contributed by atoms with van der Waals surface area (Å²) in [6, 6.07) is 0. The molecule has 1 aliphatic rings. The quantitative estimate of drug-likeness (QED) is 0.440. The van der Waals surface area contributed by atoms with Crippen LogP contribution in [0.2, 0.25) is 0 Å². The molecule has 0 spiro atoms. The maximum absolute atomic E-state index is 11.8. The smallest absolute Gasteiger partial charge is 0.228 e. The lowest BCUT2D eigenvalue weighted by atomic mass is 10.1. The average molecular weight is 288 g/mol. The second-order valence-corrected chi connectivity index (χ2v) is 5.66. The molecule has 0 saturated heterocycles. The van der Waals surface area contributed by atoms with Crippen molar-refractivity contribution in [1.29, 1.82) is 5.41 Å². The van der Waals surface area contributed by atoms with E-state index in [1.165, 1.54) is 6.08 Å². The number of nitrogens with one attached hydrogen (secondary N) is 3. The molecule has 0 atom stereocenters. The Bertz CT molecular complexity index is 609. The number of rotatable bonds is 5. The lowest BCUT2D eigenvalue weighted by molar-refractivity contribution is -0.120. The van der Waals surface area contributed by atoms with Crippen LogP contribution in [-0.2, 0) is 4.79 Å². The molecule has 1 aliphatic carbocycles. The van der Waals surface area contributed by atoms with Gasteiger partial charge in [-0.05, 0) is 31.4 Å². The minimum Gasteiger partial charge on any atom is -0.344 e. The van der Waals surface area contributed by atoms with Crippen LogP contribution < -0.4 is 5.32 Å². The molecule has 1 amide bonds. The molecule has 0 bridgehead atoms. The number of amides is 1. The lowest BCUT2D eigenvalue weighted by Gasteiger charge is -2.03. The fourth-order valence-electron chi connectivity index (χ4n) is 1.85. The summed E-state index contributed by atoms with van der Waals surface area (Å²) in [5, 5.41) is 10.3. The Labute approximate surface area is 123 Å². The van der Waals surface area contributed by atoms with Crippen molar-refractivity contribution in [2.45, 2.75) is 33.6 Å². The van der Waals surface area contributed by atoms with Gasteiger partial charge in [0.25, 0.3) is 0 Å². The summed E-state index contributed by atoms with van der Waals surface area (Å²) in [4.78, 5) is 30.5. The molecule has 0 aromatic carbocycles. The van der Waals surface area contributed by atoms with Crippen molar-refractivity contribution in [3.8, 4) is 0 Å². The maximum Gasteiger partial charge on any atom is 0.228 e. The van der Waals surface area contributed by atoms with Crippen LogP contribution >= 0.6 is 0 Å². The van der Waals surface area contributed by atoms with Gasteiger partial charge in [-0.25, -0.2) is 4.98 Å².